The molecule has 1 saturated heterocycles. The Morgan fingerprint density at radius 1 is 1.17 bits per heavy atom. The number of benzene rings is 1. The summed E-state index contributed by atoms with van der Waals surface area (Å²) in [6.07, 6.45) is 4.27. The van der Waals surface area contributed by atoms with Crippen LogP contribution in [0.2, 0.25) is 0 Å². The molecule has 1 unspecified atom stereocenters. The quantitative estimate of drug-likeness (QED) is 0.899. The molecule has 1 atom stereocenters. The van der Waals surface area contributed by atoms with E-state index in [9.17, 15) is 0 Å². The lowest BCUT2D eigenvalue weighted by atomic mass is 10.1. The van der Waals surface area contributed by atoms with Crippen molar-refractivity contribution in [3.63, 3.8) is 0 Å². The van der Waals surface area contributed by atoms with Crippen molar-refractivity contribution >= 4 is 15.9 Å². The molecule has 1 saturated carbocycles. The van der Waals surface area contributed by atoms with E-state index in [0.29, 0.717) is 0 Å². The van der Waals surface area contributed by atoms with Crippen molar-refractivity contribution < 1.29 is 0 Å². The molecule has 0 aromatic heterocycles. The van der Waals surface area contributed by atoms with Gasteiger partial charge in [-0.05, 0) is 56.0 Å². The minimum atomic E-state index is 0.862. The lowest BCUT2D eigenvalue weighted by Gasteiger charge is -2.15. The number of likely N-dealkylation sites (tertiary alicyclic amines) is 1. The van der Waals surface area contributed by atoms with E-state index in [4.69, 9.17) is 0 Å². The molecule has 1 aliphatic heterocycles. The molecule has 0 radical (unpaired) electrons. The van der Waals surface area contributed by atoms with Crippen molar-refractivity contribution in [1.82, 2.24) is 10.2 Å². The van der Waals surface area contributed by atoms with E-state index in [1.165, 1.54) is 44.5 Å². The number of rotatable bonds is 5. The van der Waals surface area contributed by atoms with Crippen molar-refractivity contribution in [2.45, 2.75) is 31.8 Å². The molecule has 2 aliphatic rings. The summed E-state index contributed by atoms with van der Waals surface area (Å²) < 4.78 is 1.15. The van der Waals surface area contributed by atoms with Crippen LogP contribution in [0.4, 0.5) is 0 Å². The average Bonchev–Trinajstić information content (AvgIpc) is 3.12. The highest BCUT2D eigenvalue weighted by atomic mass is 79.9. The first-order valence-electron chi connectivity index (χ1n) is 7.00. The molecule has 2 nitrogen and oxygen atoms in total. The van der Waals surface area contributed by atoms with Gasteiger partial charge >= 0.3 is 0 Å². The average molecular weight is 309 g/mol. The molecule has 98 valence electrons. The van der Waals surface area contributed by atoms with E-state index in [0.717, 1.165) is 23.0 Å². The Kier molecular flexibility index (Phi) is 4.02. The maximum absolute atomic E-state index is 3.60. The molecular weight excluding hydrogens is 288 g/mol. The van der Waals surface area contributed by atoms with Crippen LogP contribution in [0, 0.1) is 5.92 Å². The van der Waals surface area contributed by atoms with Crippen LogP contribution in [-0.4, -0.2) is 30.6 Å². The smallest absolute Gasteiger partial charge is 0.0205 e. The highest BCUT2D eigenvalue weighted by Crippen LogP contribution is 2.31. The standard InChI is InChI=1S/C15H21BrN2/c16-14-3-1-12(2-4-14)9-17-10-13-7-8-18(11-13)15-5-6-15/h1-4,13,15,17H,5-11H2. The summed E-state index contributed by atoms with van der Waals surface area (Å²) in [4.78, 5) is 2.69. The number of hydrogen-bond acceptors (Lipinski definition) is 2. The molecule has 18 heavy (non-hydrogen) atoms. The van der Waals surface area contributed by atoms with Crippen LogP contribution >= 0.6 is 15.9 Å². The third kappa shape index (κ3) is 3.34. The zero-order chi connectivity index (χ0) is 12.4. The molecule has 2 fully saturated rings. The van der Waals surface area contributed by atoms with Crippen LogP contribution in [0.5, 0.6) is 0 Å². The van der Waals surface area contributed by atoms with Gasteiger partial charge in [0.25, 0.3) is 0 Å². The number of nitrogens with zero attached hydrogens (tertiary/aromatic N) is 1. The molecule has 3 heteroatoms. The molecule has 1 aromatic carbocycles. The molecule has 0 bridgehead atoms. The third-order valence-corrected chi connectivity index (χ3v) is 4.58. The summed E-state index contributed by atoms with van der Waals surface area (Å²) in [7, 11) is 0. The lowest BCUT2D eigenvalue weighted by molar-refractivity contribution is 0.312. The molecular formula is C15H21BrN2. The van der Waals surface area contributed by atoms with Crippen molar-refractivity contribution in [2.24, 2.45) is 5.92 Å². The molecule has 1 aromatic rings. The molecule has 1 N–H and O–H groups in total. The first-order valence-corrected chi connectivity index (χ1v) is 7.80. The predicted octanol–water partition coefficient (Wildman–Crippen LogP) is 3.02. The van der Waals surface area contributed by atoms with Gasteiger partial charge in [-0.25, -0.2) is 0 Å². The second kappa shape index (κ2) is 5.72. The van der Waals surface area contributed by atoms with Crippen LogP contribution in [0.15, 0.2) is 28.7 Å². The first-order chi connectivity index (χ1) is 8.81. The van der Waals surface area contributed by atoms with Crippen molar-refractivity contribution in [2.75, 3.05) is 19.6 Å². The van der Waals surface area contributed by atoms with Gasteiger partial charge < -0.3 is 10.2 Å². The van der Waals surface area contributed by atoms with Crippen molar-refractivity contribution in [3.05, 3.63) is 34.3 Å². The molecule has 1 heterocycles. The van der Waals surface area contributed by atoms with Gasteiger partial charge in [-0.1, -0.05) is 28.1 Å². The second-order valence-corrected chi connectivity index (χ2v) is 6.55. The Labute approximate surface area is 118 Å². The van der Waals surface area contributed by atoms with Gasteiger partial charge in [0.1, 0.15) is 0 Å². The Morgan fingerprint density at radius 3 is 2.67 bits per heavy atom. The van der Waals surface area contributed by atoms with Gasteiger partial charge in [0.2, 0.25) is 0 Å². The molecule has 1 aliphatic carbocycles. The fourth-order valence-electron chi connectivity index (χ4n) is 2.82. The summed E-state index contributed by atoms with van der Waals surface area (Å²) in [5, 5.41) is 3.60. The third-order valence-electron chi connectivity index (χ3n) is 4.06. The summed E-state index contributed by atoms with van der Waals surface area (Å²) in [5.74, 6) is 0.862. The van der Waals surface area contributed by atoms with E-state index in [2.05, 4.69) is 50.4 Å². The zero-order valence-corrected chi connectivity index (χ0v) is 12.3. The Hall–Kier alpha value is -0.380. The van der Waals surface area contributed by atoms with Crippen LogP contribution in [0.1, 0.15) is 24.8 Å². The van der Waals surface area contributed by atoms with Crippen LogP contribution < -0.4 is 5.32 Å². The summed E-state index contributed by atoms with van der Waals surface area (Å²) >= 11 is 3.47. The summed E-state index contributed by atoms with van der Waals surface area (Å²) in [6.45, 7) is 4.81. The number of halogens is 1. The molecule has 0 spiro atoms. The fraction of sp³-hybridized carbons (Fsp3) is 0.600. The van der Waals surface area contributed by atoms with Gasteiger partial charge in [-0.15, -0.1) is 0 Å². The zero-order valence-electron chi connectivity index (χ0n) is 10.7. The van der Waals surface area contributed by atoms with E-state index in [1.54, 1.807) is 0 Å². The minimum Gasteiger partial charge on any atom is -0.312 e. The van der Waals surface area contributed by atoms with E-state index < -0.39 is 0 Å². The normalized spacial score (nSPS) is 24.6. The Morgan fingerprint density at radius 2 is 1.94 bits per heavy atom. The summed E-state index contributed by atoms with van der Waals surface area (Å²) in [5.41, 5.74) is 1.37. The Bertz CT molecular complexity index is 386. The fourth-order valence-corrected chi connectivity index (χ4v) is 3.09. The SMILES string of the molecule is Brc1ccc(CNCC2CCN(C3CC3)C2)cc1. The minimum absolute atomic E-state index is 0.862. The van der Waals surface area contributed by atoms with Crippen LogP contribution in [0.3, 0.4) is 0 Å². The summed E-state index contributed by atoms with van der Waals surface area (Å²) in [6, 6.07) is 9.54. The highest BCUT2D eigenvalue weighted by molar-refractivity contribution is 9.10. The van der Waals surface area contributed by atoms with Gasteiger partial charge in [-0.3, -0.25) is 0 Å². The first kappa shape index (κ1) is 12.6. The van der Waals surface area contributed by atoms with Crippen molar-refractivity contribution in [3.8, 4) is 0 Å². The maximum atomic E-state index is 3.60. The topological polar surface area (TPSA) is 15.3 Å². The van der Waals surface area contributed by atoms with Crippen molar-refractivity contribution in [1.29, 1.82) is 0 Å². The van der Waals surface area contributed by atoms with E-state index in [-0.39, 0.29) is 0 Å². The van der Waals surface area contributed by atoms with Crippen LogP contribution in [0.25, 0.3) is 0 Å². The molecule has 0 amide bonds. The van der Waals surface area contributed by atoms with E-state index in [1.807, 2.05) is 0 Å². The molecule has 3 rings (SSSR count). The van der Waals surface area contributed by atoms with E-state index >= 15 is 0 Å². The largest absolute Gasteiger partial charge is 0.312 e. The van der Waals surface area contributed by atoms with Gasteiger partial charge in [0.05, 0.1) is 0 Å². The van der Waals surface area contributed by atoms with Gasteiger partial charge in [0.15, 0.2) is 0 Å². The highest BCUT2D eigenvalue weighted by Gasteiger charge is 2.33. The van der Waals surface area contributed by atoms with Crippen LogP contribution in [-0.2, 0) is 6.54 Å². The monoisotopic (exact) mass is 308 g/mol. The van der Waals surface area contributed by atoms with Gasteiger partial charge in [-0.2, -0.15) is 0 Å². The number of nitrogens with one attached hydrogen (secondary N) is 1. The maximum Gasteiger partial charge on any atom is 0.0205 e. The lowest BCUT2D eigenvalue weighted by Crippen LogP contribution is -2.27. The number of hydrogen-bond donors (Lipinski definition) is 1. The Balaban J connectivity index is 1.38. The predicted molar refractivity (Wildman–Crippen MR) is 78.6 cm³/mol. The second-order valence-electron chi connectivity index (χ2n) is 5.64. The van der Waals surface area contributed by atoms with Gasteiger partial charge in [0, 0.05) is 23.6 Å².